The van der Waals surface area contributed by atoms with Gasteiger partial charge in [-0.25, -0.2) is 4.98 Å². The topological polar surface area (TPSA) is 27.1 Å². The SMILES string of the molecule is CC(CCn1ccnc1)c1ccc(Oc2ccccc2)cc1. The molecule has 3 aromatic rings. The van der Waals surface area contributed by atoms with E-state index >= 15 is 0 Å². The van der Waals surface area contributed by atoms with E-state index in [1.54, 1.807) is 0 Å². The fraction of sp³-hybridized carbons (Fsp3) is 0.211. The Labute approximate surface area is 131 Å². The molecule has 1 aromatic heterocycles. The number of ether oxygens (including phenoxy) is 1. The van der Waals surface area contributed by atoms with Crippen molar-refractivity contribution in [1.82, 2.24) is 9.55 Å². The fourth-order valence-corrected chi connectivity index (χ4v) is 2.42. The van der Waals surface area contributed by atoms with Gasteiger partial charge >= 0.3 is 0 Å². The first-order valence-corrected chi connectivity index (χ1v) is 7.60. The Hall–Kier alpha value is -2.55. The number of nitrogens with zero attached hydrogens (tertiary/aromatic N) is 2. The lowest BCUT2D eigenvalue weighted by atomic mass is 9.98. The Morgan fingerprint density at radius 3 is 2.41 bits per heavy atom. The number of para-hydroxylation sites is 1. The van der Waals surface area contributed by atoms with Crippen LogP contribution >= 0.6 is 0 Å². The number of rotatable bonds is 6. The van der Waals surface area contributed by atoms with Crippen molar-refractivity contribution in [2.75, 3.05) is 0 Å². The normalized spacial score (nSPS) is 12.0. The van der Waals surface area contributed by atoms with Crippen LogP contribution in [0, 0.1) is 0 Å². The van der Waals surface area contributed by atoms with Gasteiger partial charge in [0, 0.05) is 18.9 Å². The first-order chi connectivity index (χ1) is 10.8. The Morgan fingerprint density at radius 1 is 1.00 bits per heavy atom. The number of aryl methyl sites for hydroxylation is 1. The van der Waals surface area contributed by atoms with Crippen molar-refractivity contribution in [3.63, 3.8) is 0 Å². The van der Waals surface area contributed by atoms with Crippen molar-refractivity contribution in [3.8, 4) is 11.5 Å². The highest BCUT2D eigenvalue weighted by Gasteiger charge is 2.06. The van der Waals surface area contributed by atoms with Crippen LogP contribution in [0.5, 0.6) is 11.5 Å². The second kappa shape index (κ2) is 6.94. The van der Waals surface area contributed by atoms with Gasteiger partial charge in [0.25, 0.3) is 0 Å². The molecule has 0 fully saturated rings. The van der Waals surface area contributed by atoms with Crippen LogP contribution in [0.4, 0.5) is 0 Å². The first-order valence-electron chi connectivity index (χ1n) is 7.60. The Bertz CT molecular complexity index is 675. The van der Waals surface area contributed by atoms with Gasteiger partial charge in [-0.15, -0.1) is 0 Å². The zero-order valence-corrected chi connectivity index (χ0v) is 12.7. The Balaban J connectivity index is 1.58. The molecule has 0 radical (unpaired) electrons. The van der Waals surface area contributed by atoms with Crippen molar-refractivity contribution < 1.29 is 4.74 Å². The molecule has 112 valence electrons. The highest BCUT2D eigenvalue weighted by molar-refractivity contribution is 5.33. The molecule has 2 aromatic carbocycles. The van der Waals surface area contributed by atoms with Gasteiger partial charge < -0.3 is 9.30 Å². The molecule has 0 spiro atoms. The van der Waals surface area contributed by atoms with Gasteiger partial charge in [0.05, 0.1) is 6.33 Å². The third kappa shape index (κ3) is 3.76. The van der Waals surface area contributed by atoms with E-state index in [0.717, 1.165) is 24.5 Å². The molecule has 0 aliphatic heterocycles. The molecule has 0 bridgehead atoms. The highest BCUT2D eigenvalue weighted by atomic mass is 16.5. The summed E-state index contributed by atoms with van der Waals surface area (Å²) in [4.78, 5) is 4.07. The van der Waals surface area contributed by atoms with E-state index in [2.05, 4.69) is 28.6 Å². The summed E-state index contributed by atoms with van der Waals surface area (Å²) in [6.45, 7) is 3.24. The largest absolute Gasteiger partial charge is 0.457 e. The van der Waals surface area contributed by atoms with Crippen molar-refractivity contribution in [2.24, 2.45) is 0 Å². The van der Waals surface area contributed by atoms with Gasteiger partial charge in [-0.1, -0.05) is 37.3 Å². The van der Waals surface area contributed by atoms with Crippen LogP contribution in [0.1, 0.15) is 24.8 Å². The first kappa shape index (κ1) is 14.4. The number of hydrogen-bond donors (Lipinski definition) is 0. The zero-order chi connectivity index (χ0) is 15.2. The summed E-state index contributed by atoms with van der Waals surface area (Å²) in [7, 11) is 0. The minimum Gasteiger partial charge on any atom is -0.457 e. The van der Waals surface area contributed by atoms with Crippen molar-refractivity contribution in [2.45, 2.75) is 25.8 Å². The summed E-state index contributed by atoms with van der Waals surface area (Å²) >= 11 is 0. The molecule has 1 heterocycles. The van der Waals surface area contributed by atoms with Crippen LogP contribution in [0.15, 0.2) is 73.3 Å². The number of benzene rings is 2. The van der Waals surface area contributed by atoms with E-state index in [1.165, 1.54) is 5.56 Å². The third-order valence-corrected chi connectivity index (χ3v) is 3.81. The summed E-state index contributed by atoms with van der Waals surface area (Å²) < 4.78 is 7.93. The van der Waals surface area contributed by atoms with Crippen LogP contribution in [-0.2, 0) is 6.54 Å². The molecule has 22 heavy (non-hydrogen) atoms. The predicted octanol–water partition coefficient (Wildman–Crippen LogP) is 4.87. The maximum absolute atomic E-state index is 5.82. The quantitative estimate of drug-likeness (QED) is 0.648. The molecule has 3 rings (SSSR count). The molecule has 0 amide bonds. The van der Waals surface area contributed by atoms with Gasteiger partial charge in [0.2, 0.25) is 0 Å². The predicted molar refractivity (Wildman–Crippen MR) is 88.2 cm³/mol. The maximum Gasteiger partial charge on any atom is 0.127 e. The van der Waals surface area contributed by atoms with Crippen LogP contribution in [-0.4, -0.2) is 9.55 Å². The smallest absolute Gasteiger partial charge is 0.127 e. The standard InChI is InChI=1S/C19H20N2O/c1-16(11-13-21-14-12-20-15-21)17-7-9-19(10-8-17)22-18-5-3-2-4-6-18/h2-10,12,14-16H,11,13H2,1H3. The van der Waals surface area contributed by atoms with Gasteiger partial charge in [-0.3, -0.25) is 0 Å². The van der Waals surface area contributed by atoms with Gasteiger partial charge in [0.1, 0.15) is 11.5 Å². The summed E-state index contributed by atoms with van der Waals surface area (Å²) in [5.74, 6) is 2.24. The van der Waals surface area contributed by atoms with Crippen molar-refractivity contribution in [3.05, 3.63) is 78.9 Å². The molecular formula is C19H20N2O. The maximum atomic E-state index is 5.82. The van der Waals surface area contributed by atoms with Crippen LogP contribution in [0.2, 0.25) is 0 Å². The summed E-state index contributed by atoms with van der Waals surface area (Å²) in [5.41, 5.74) is 1.33. The van der Waals surface area contributed by atoms with E-state index in [4.69, 9.17) is 4.74 Å². The van der Waals surface area contributed by atoms with Crippen LogP contribution in [0.25, 0.3) is 0 Å². The summed E-state index contributed by atoms with van der Waals surface area (Å²) in [6.07, 6.45) is 6.78. The molecule has 0 aliphatic rings. The van der Waals surface area contributed by atoms with Gasteiger partial charge in [-0.05, 0) is 42.2 Å². The molecular weight excluding hydrogens is 272 g/mol. The minimum atomic E-state index is 0.508. The molecule has 3 nitrogen and oxygen atoms in total. The van der Waals surface area contributed by atoms with Crippen LogP contribution < -0.4 is 4.74 Å². The lowest BCUT2D eigenvalue weighted by Crippen LogP contribution is -2.01. The van der Waals surface area contributed by atoms with E-state index in [1.807, 2.05) is 61.2 Å². The summed E-state index contributed by atoms with van der Waals surface area (Å²) in [6, 6.07) is 18.2. The number of aromatic nitrogens is 2. The molecule has 1 atom stereocenters. The fourth-order valence-electron chi connectivity index (χ4n) is 2.42. The second-order valence-corrected chi connectivity index (χ2v) is 5.47. The molecule has 0 N–H and O–H groups in total. The number of hydrogen-bond acceptors (Lipinski definition) is 2. The second-order valence-electron chi connectivity index (χ2n) is 5.47. The van der Waals surface area contributed by atoms with Gasteiger partial charge in [-0.2, -0.15) is 0 Å². The van der Waals surface area contributed by atoms with Crippen molar-refractivity contribution >= 4 is 0 Å². The highest BCUT2D eigenvalue weighted by Crippen LogP contribution is 2.25. The molecule has 3 heteroatoms. The van der Waals surface area contributed by atoms with E-state index in [0.29, 0.717) is 5.92 Å². The average molecular weight is 292 g/mol. The lowest BCUT2D eigenvalue weighted by Gasteiger charge is -2.13. The molecule has 0 saturated carbocycles. The van der Waals surface area contributed by atoms with E-state index < -0.39 is 0 Å². The molecule has 0 aliphatic carbocycles. The third-order valence-electron chi connectivity index (χ3n) is 3.81. The zero-order valence-electron chi connectivity index (χ0n) is 12.7. The lowest BCUT2D eigenvalue weighted by molar-refractivity contribution is 0.482. The van der Waals surface area contributed by atoms with Crippen LogP contribution in [0.3, 0.4) is 0 Å². The van der Waals surface area contributed by atoms with E-state index in [-0.39, 0.29) is 0 Å². The average Bonchev–Trinajstić information content (AvgIpc) is 3.08. The van der Waals surface area contributed by atoms with E-state index in [9.17, 15) is 0 Å². The molecule has 1 unspecified atom stereocenters. The minimum absolute atomic E-state index is 0.508. The van der Waals surface area contributed by atoms with Gasteiger partial charge in [0.15, 0.2) is 0 Å². The number of imidazole rings is 1. The van der Waals surface area contributed by atoms with Crippen molar-refractivity contribution in [1.29, 1.82) is 0 Å². The Morgan fingerprint density at radius 2 is 1.73 bits per heavy atom. The Kier molecular flexibility index (Phi) is 4.54. The summed E-state index contributed by atoms with van der Waals surface area (Å²) in [5, 5.41) is 0. The monoisotopic (exact) mass is 292 g/mol. The molecule has 0 saturated heterocycles.